The zero-order chi connectivity index (χ0) is 16.6. The van der Waals surface area contributed by atoms with E-state index in [-0.39, 0.29) is 37.3 Å². The number of aliphatic carboxylic acids is 1. The molecule has 2 aliphatic heterocycles. The number of benzene rings is 1. The maximum atomic E-state index is 12.4. The van der Waals surface area contributed by atoms with Gasteiger partial charge in [0, 0.05) is 13.1 Å². The lowest BCUT2D eigenvalue weighted by Gasteiger charge is -2.33. The Bertz CT molecular complexity index is 666. The van der Waals surface area contributed by atoms with Crippen molar-refractivity contribution in [1.29, 1.82) is 0 Å². The van der Waals surface area contributed by atoms with Gasteiger partial charge >= 0.3 is 5.97 Å². The third-order valence-electron chi connectivity index (χ3n) is 4.26. The SMILES string of the molecule is CC1Oc2ccccc2N(CC(=O)N2CCC(C(=O)O)C2)C1=O.Cl. The third kappa shape index (κ3) is 3.31. The van der Waals surface area contributed by atoms with Crippen molar-refractivity contribution in [3.8, 4) is 5.75 Å². The largest absolute Gasteiger partial charge is 0.481 e. The summed E-state index contributed by atoms with van der Waals surface area (Å²) in [5.41, 5.74) is 0.568. The quantitative estimate of drug-likeness (QED) is 0.880. The molecular formula is C16H19ClN2O5. The number of hydrogen-bond donors (Lipinski definition) is 1. The molecule has 0 saturated carbocycles. The van der Waals surface area contributed by atoms with Crippen LogP contribution in [0.2, 0.25) is 0 Å². The molecule has 3 rings (SSSR count). The van der Waals surface area contributed by atoms with Gasteiger partial charge in [0.1, 0.15) is 12.3 Å². The number of anilines is 1. The number of carbonyl (C=O) groups is 3. The molecule has 2 heterocycles. The van der Waals surface area contributed by atoms with Crippen molar-refractivity contribution < 1.29 is 24.2 Å². The summed E-state index contributed by atoms with van der Waals surface area (Å²) in [6.45, 7) is 2.15. The monoisotopic (exact) mass is 354 g/mol. The molecule has 0 aliphatic carbocycles. The number of carbonyl (C=O) groups excluding carboxylic acids is 2. The fourth-order valence-electron chi connectivity index (χ4n) is 2.95. The topological polar surface area (TPSA) is 87.2 Å². The maximum Gasteiger partial charge on any atom is 0.308 e. The van der Waals surface area contributed by atoms with Crippen molar-refractivity contribution in [2.75, 3.05) is 24.5 Å². The van der Waals surface area contributed by atoms with Crippen LogP contribution in [0.1, 0.15) is 13.3 Å². The van der Waals surface area contributed by atoms with Gasteiger partial charge in [0.05, 0.1) is 11.6 Å². The predicted octanol–water partition coefficient (Wildman–Crippen LogP) is 1.16. The molecule has 2 unspecified atom stereocenters. The number of halogens is 1. The second kappa shape index (κ2) is 7.09. The van der Waals surface area contributed by atoms with E-state index in [0.717, 1.165) is 0 Å². The van der Waals surface area contributed by atoms with Gasteiger partial charge in [-0.05, 0) is 25.5 Å². The molecule has 7 nitrogen and oxygen atoms in total. The Hall–Kier alpha value is -2.28. The zero-order valence-corrected chi connectivity index (χ0v) is 14.0. The van der Waals surface area contributed by atoms with Gasteiger partial charge < -0.3 is 14.7 Å². The minimum atomic E-state index is -0.887. The van der Waals surface area contributed by atoms with Crippen LogP contribution in [-0.2, 0) is 14.4 Å². The van der Waals surface area contributed by atoms with Gasteiger partial charge in [-0.25, -0.2) is 0 Å². The molecule has 2 aliphatic rings. The summed E-state index contributed by atoms with van der Waals surface area (Å²) in [7, 11) is 0. The number of likely N-dealkylation sites (tertiary alicyclic amines) is 1. The first-order chi connectivity index (χ1) is 11.0. The summed E-state index contributed by atoms with van der Waals surface area (Å²) >= 11 is 0. The Morgan fingerprint density at radius 2 is 2.04 bits per heavy atom. The number of carboxylic acid groups (broad SMARTS) is 1. The second-order valence-corrected chi connectivity index (χ2v) is 5.82. The van der Waals surface area contributed by atoms with Crippen LogP contribution in [0.4, 0.5) is 5.69 Å². The predicted molar refractivity (Wildman–Crippen MR) is 88.5 cm³/mol. The molecular weight excluding hydrogens is 336 g/mol. The Kier molecular flexibility index (Phi) is 5.33. The Balaban J connectivity index is 0.00000208. The highest BCUT2D eigenvalue weighted by Crippen LogP contribution is 2.33. The molecule has 0 radical (unpaired) electrons. The molecule has 0 spiro atoms. The number of ether oxygens (including phenoxy) is 1. The van der Waals surface area contributed by atoms with E-state index < -0.39 is 18.0 Å². The van der Waals surface area contributed by atoms with E-state index in [1.165, 1.54) is 9.80 Å². The third-order valence-corrected chi connectivity index (χ3v) is 4.26. The highest BCUT2D eigenvalue weighted by atomic mass is 35.5. The van der Waals surface area contributed by atoms with E-state index in [2.05, 4.69) is 0 Å². The van der Waals surface area contributed by atoms with Crippen LogP contribution in [0.3, 0.4) is 0 Å². The van der Waals surface area contributed by atoms with Crippen LogP contribution < -0.4 is 9.64 Å². The molecule has 1 fully saturated rings. The number of nitrogens with zero attached hydrogens (tertiary/aromatic N) is 2. The molecule has 1 aromatic rings. The average molecular weight is 355 g/mol. The molecule has 1 saturated heterocycles. The van der Waals surface area contributed by atoms with E-state index in [9.17, 15) is 14.4 Å². The van der Waals surface area contributed by atoms with Gasteiger partial charge in [-0.3, -0.25) is 19.3 Å². The van der Waals surface area contributed by atoms with Crippen LogP contribution in [0.15, 0.2) is 24.3 Å². The van der Waals surface area contributed by atoms with Crippen LogP contribution >= 0.6 is 12.4 Å². The summed E-state index contributed by atoms with van der Waals surface area (Å²) in [4.78, 5) is 38.7. The summed E-state index contributed by atoms with van der Waals surface area (Å²) in [5.74, 6) is -1.36. The number of carboxylic acids is 1. The molecule has 24 heavy (non-hydrogen) atoms. The lowest BCUT2D eigenvalue weighted by Crippen LogP contribution is -2.49. The fourth-order valence-corrected chi connectivity index (χ4v) is 2.95. The Morgan fingerprint density at radius 1 is 1.33 bits per heavy atom. The Morgan fingerprint density at radius 3 is 2.71 bits per heavy atom. The van der Waals surface area contributed by atoms with Crippen LogP contribution in [0.5, 0.6) is 5.75 Å². The van der Waals surface area contributed by atoms with Crippen molar-refractivity contribution in [3.05, 3.63) is 24.3 Å². The van der Waals surface area contributed by atoms with Crippen molar-refractivity contribution in [3.63, 3.8) is 0 Å². The van der Waals surface area contributed by atoms with Crippen molar-refractivity contribution in [1.82, 2.24) is 4.90 Å². The van der Waals surface area contributed by atoms with Gasteiger partial charge in [-0.2, -0.15) is 0 Å². The van der Waals surface area contributed by atoms with Crippen molar-refractivity contribution in [2.45, 2.75) is 19.4 Å². The first-order valence-corrected chi connectivity index (χ1v) is 7.55. The molecule has 1 aromatic carbocycles. The molecule has 1 N–H and O–H groups in total. The van der Waals surface area contributed by atoms with Gasteiger partial charge in [-0.15, -0.1) is 12.4 Å². The summed E-state index contributed by atoms with van der Waals surface area (Å²) in [5, 5.41) is 9.02. The van der Waals surface area contributed by atoms with Gasteiger partial charge in [-0.1, -0.05) is 12.1 Å². The van der Waals surface area contributed by atoms with Gasteiger partial charge in [0.15, 0.2) is 6.10 Å². The molecule has 8 heteroatoms. The summed E-state index contributed by atoms with van der Waals surface area (Å²) in [6.07, 6.45) is -0.200. The number of hydrogen-bond acceptors (Lipinski definition) is 4. The highest BCUT2D eigenvalue weighted by Gasteiger charge is 2.36. The first-order valence-electron chi connectivity index (χ1n) is 7.55. The van der Waals surface area contributed by atoms with E-state index in [0.29, 0.717) is 24.4 Å². The lowest BCUT2D eigenvalue weighted by atomic mass is 10.1. The molecule has 2 amide bonds. The number of para-hydroxylation sites is 2. The molecule has 130 valence electrons. The first kappa shape index (κ1) is 18.1. The molecule has 2 atom stereocenters. The summed E-state index contributed by atoms with van der Waals surface area (Å²) in [6, 6.07) is 7.07. The van der Waals surface area contributed by atoms with E-state index >= 15 is 0 Å². The number of rotatable bonds is 3. The second-order valence-electron chi connectivity index (χ2n) is 5.82. The zero-order valence-electron chi connectivity index (χ0n) is 13.2. The summed E-state index contributed by atoms with van der Waals surface area (Å²) < 4.78 is 5.54. The Labute approximate surface area is 145 Å². The number of fused-ring (bicyclic) bond motifs is 1. The molecule has 0 aromatic heterocycles. The molecule has 0 bridgehead atoms. The fraction of sp³-hybridized carbons (Fsp3) is 0.438. The standard InChI is InChI=1S/C16H18N2O5.ClH/c1-10-15(20)18(12-4-2-3-5-13(12)23-10)9-14(19)17-7-6-11(8-17)16(21)22;/h2-5,10-11H,6-9H2,1H3,(H,21,22);1H. The van der Waals surface area contributed by atoms with E-state index in [1.54, 1.807) is 31.2 Å². The van der Waals surface area contributed by atoms with Crippen LogP contribution in [0, 0.1) is 5.92 Å². The smallest absolute Gasteiger partial charge is 0.308 e. The minimum Gasteiger partial charge on any atom is -0.481 e. The maximum absolute atomic E-state index is 12.4. The van der Waals surface area contributed by atoms with E-state index in [1.807, 2.05) is 0 Å². The van der Waals surface area contributed by atoms with Crippen LogP contribution in [-0.4, -0.2) is 53.5 Å². The van der Waals surface area contributed by atoms with Crippen molar-refractivity contribution in [2.24, 2.45) is 5.92 Å². The van der Waals surface area contributed by atoms with Gasteiger partial charge in [0.2, 0.25) is 5.91 Å². The lowest BCUT2D eigenvalue weighted by molar-refractivity contribution is -0.141. The van der Waals surface area contributed by atoms with Gasteiger partial charge in [0.25, 0.3) is 5.91 Å². The average Bonchev–Trinajstić information content (AvgIpc) is 3.02. The highest BCUT2D eigenvalue weighted by molar-refractivity contribution is 6.03. The van der Waals surface area contributed by atoms with Crippen LogP contribution in [0.25, 0.3) is 0 Å². The minimum absolute atomic E-state index is 0. The van der Waals surface area contributed by atoms with E-state index in [4.69, 9.17) is 9.84 Å². The van der Waals surface area contributed by atoms with Crippen molar-refractivity contribution >= 4 is 35.9 Å². The number of amides is 2. The normalized spacial score (nSPS) is 22.5.